The Labute approximate surface area is 126 Å². The van der Waals surface area contributed by atoms with Gasteiger partial charge in [0.05, 0.1) is 0 Å². The Morgan fingerprint density at radius 1 is 0.900 bits per heavy atom. The predicted molar refractivity (Wildman–Crippen MR) is 87.2 cm³/mol. The molecule has 1 aliphatic rings. The second-order valence-corrected chi connectivity index (χ2v) is 5.44. The smallest absolute Gasteiger partial charge is 0.0466 e. The van der Waals surface area contributed by atoms with E-state index in [0.29, 0.717) is 6.61 Å². The van der Waals surface area contributed by atoms with Gasteiger partial charge in [-0.2, -0.15) is 0 Å². The van der Waals surface area contributed by atoms with Crippen molar-refractivity contribution >= 4 is 0 Å². The van der Waals surface area contributed by atoms with Crippen molar-refractivity contribution in [3.8, 4) is 0 Å². The topological polar surface area (TPSA) is 41.5 Å². The van der Waals surface area contributed by atoms with Gasteiger partial charge in [0.2, 0.25) is 0 Å². The fraction of sp³-hybridized carbons (Fsp3) is 1.00. The van der Waals surface area contributed by atoms with Crippen LogP contribution in [0.3, 0.4) is 0 Å². The van der Waals surface area contributed by atoms with Gasteiger partial charge < -0.3 is 15.2 Å². The number of aliphatic hydroxyl groups excluding tert-OH is 1. The molecule has 0 amide bonds. The van der Waals surface area contributed by atoms with Gasteiger partial charge in [-0.3, -0.25) is 0 Å². The highest BCUT2D eigenvalue weighted by atomic mass is 16.5. The molecule has 0 saturated carbocycles. The Morgan fingerprint density at radius 2 is 1.50 bits per heavy atom. The molecular formula is C17H37NO2. The summed E-state index contributed by atoms with van der Waals surface area (Å²) >= 11 is 0. The molecule has 1 rings (SSSR count). The van der Waals surface area contributed by atoms with Gasteiger partial charge in [-0.05, 0) is 57.5 Å². The van der Waals surface area contributed by atoms with E-state index in [1.54, 1.807) is 0 Å². The minimum Gasteiger partial charge on any atom is -0.396 e. The van der Waals surface area contributed by atoms with E-state index in [4.69, 9.17) is 9.84 Å². The highest BCUT2D eigenvalue weighted by Crippen LogP contribution is 2.19. The zero-order valence-corrected chi connectivity index (χ0v) is 13.8. The fourth-order valence-corrected chi connectivity index (χ4v) is 2.58. The quantitative estimate of drug-likeness (QED) is 0.569. The van der Waals surface area contributed by atoms with Crippen LogP contribution in [-0.2, 0) is 4.74 Å². The van der Waals surface area contributed by atoms with Crippen LogP contribution in [0.1, 0.15) is 71.6 Å². The number of piperidine rings is 1. The SMILES string of the molecule is CC.OCCCCCOCCCCCC1CCNCC1. The molecule has 122 valence electrons. The van der Waals surface area contributed by atoms with Gasteiger partial charge in [-0.25, -0.2) is 0 Å². The number of hydrogen-bond acceptors (Lipinski definition) is 3. The summed E-state index contributed by atoms with van der Waals surface area (Å²) in [4.78, 5) is 0. The summed E-state index contributed by atoms with van der Waals surface area (Å²) in [5, 5.41) is 12.0. The van der Waals surface area contributed by atoms with E-state index in [1.807, 2.05) is 13.8 Å². The van der Waals surface area contributed by atoms with Crippen LogP contribution in [0.15, 0.2) is 0 Å². The molecule has 2 N–H and O–H groups in total. The molecule has 1 fully saturated rings. The molecule has 0 aromatic heterocycles. The molecule has 1 saturated heterocycles. The largest absolute Gasteiger partial charge is 0.396 e. The van der Waals surface area contributed by atoms with Gasteiger partial charge in [0.25, 0.3) is 0 Å². The molecule has 3 nitrogen and oxygen atoms in total. The summed E-state index contributed by atoms with van der Waals surface area (Å²) in [6.45, 7) is 8.56. The molecular weight excluding hydrogens is 250 g/mol. The zero-order chi connectivity index (χ0) is 14.9. The predicted octanol–water partition coefficient (Wildman–Crippen LogP) is 3.75. The maximum atomic E-state index is 8.63. The summed E-state index contributed by atoms with van der Waals surface area (Å²) in [6, 6.07) is 0. The summed E-state index contributed by atoms with van der Waals surface area (Å²) in [5.74, 6) is 0.977. The van der Waals surface area contributed by atoms with Crippen molar-refractivity contribution < 1.29 is 9.84 Å². The molecule has 0 radical (unpaired) electrons. The summed E-state index contributed by atoms with van der Waals surface area (Å²) in [7, 11) is 0. The average Bonchev–Trinajstić information content (AvgIpc) is 2.52. The van der Waals surface area contributed by atoms with E-state index in [2.05, 4.69) is 5.32 Å². The van der Waals surface area contributed by atoms with Crippen LogP contribution >= 0.6 is 0 Å². The van der Waals surface area contributed by atoms with E-state index in [0.717, 1.165) is 38.4 Å². The van der Waals surface area contributed by atoms with Crippen molar-refractivity contribution in [2.75, 3.05) is 32.9 Å². The number of rotatable bonds is 11. The maximum Gasteiger partial charge on any atom is 0.0466 e. The Balaban J connectivity index is 0.00000172. The van der Waals surface area contributed by atoms with Gasteiger partial charge in [0.1, 0.15) is 0 Å². The van der Waals surface area contributed by atoms with Crippen LogP contribution in [0.2, 0.25) is 0 Å². The Kier molecular flexibility index (Phi) is 16.8. The highest BCUT2D eigenvalue weighted by molar-refractivity contribution is 4.68. The van der Waals surface area contributed by atoms with Crippen LogP contribution in [0.25, 0.3) is 0 Å². The zero-order valence-electron chi connectivity index (χ0n) is 13.8. The van der Waals surface area contributed by atoms with Crippen LogP contribution in [0.5, 0.6) is 0 Å². The maximum absolute atomic E-state index is 8.63. The summed E-state index contributed by atoms with van der Waals surface area (Å²) in [5.41, 5.74) is 0. The number of unbranched alkanes of at least 4 members (excludes halogenated alkanes) is 4. The number of nitrogens with one attached hydrogen (secondary N) is 1. The lowest BCUT2D eigenvalue weighted by atomic mass is 9.92. The first kappa shape index (κ1) is 19.9. The molecule has 20 heavy (non-hydrogen) atoms. The van der Waals surface area contributed by atoms with Crippen molar-refractivity contribution in [2.24, 2.45) is 5.92 Å². The third kappa shape index (κ3) is 12.9. The molecule has 0 aromatic rings. The van der Waals surface area contributed by atoms with E-state index in [-0.39, 0.29) is 0 Å². The Bertz CT molecular complexity index is 170. The van der Waals surface area contributed by atoms with Gasteiger partial charge >= 0.3 is 0 Å². The lowest BCUT2D eigenvalue weighted by molar-refractivity contribution is 0.124. The molecule has 3 heteroatoms. The minimum atomic E-state index is 0.316. The second-order valence-electron chi connectivity index (χ2n) is 5.44. The molecule has 0 spiro atoms. The van der Waals surface area contributed by atoms with Gasteiger partial charge in [-0.1, -0.05) is 33.1 Å². The van der Waals surface area contributed by atoms with Crippen LogP contribution in [0, 0.1) is 5.92 Å². The third-order valence-electron chi connectivity index (χ3n) is 3.81. The molecule has 0 aromatic carbocycles. The molecule has 0 atom stereocenters. The van der Waals surface area contributed by atoms with E-state index < -0.39 is 0 Å². The lowest BCUT2D eigenvalue weighted by Crippen LogP contribution is -2.27. The summed E-state index contributed by atoms with van der Waals surface area (Å²) < 4.78 is 5.58. The first-order chi connectivity index (χ1) is 9.93. The van der Waals surface area contributed by atoms with Crippen LogP contribution in [-0.4, -0.2) is 38.0 Å². The second kappa shape index (κ2) is 16.9. The Hall–Kier alpha value is -0.120. The van der Waals surface area contributed by atoms with Gasteiger partial charge in [0, 0.05) is 19.8 Å². The first-order valence-electron chi connectivity index (χ1n) is 8.83. The third-order valence-corrected chi connectivity index (χ3v) is 3.81. The van der Waals surface area contributed by atoms with Crippen molar-refractivity contribution in [1.29, 1.82) is 0 Å². The normalized spacial score (nSPS) is 15.8. The summed E-state index contributed by atoms with van der Waals surface area (Å²) in [6.07, 6.45) is 11.2. The van der Waals surface area contributed by atoms with Gasteiger partial charge in [0.15, 0.2) is 0 Å². The molecule has 1 heterocycles. The van der Waals surface area contributed by atoms with Crippen molar-refractivity contribution in [3.63, 3.8) is 0 Å². The minimum absolute atomic E-state index is 0.316. The molecule has 1 aliphatic heterocycles. The van der Waals surface area contributed by atoms with E-state index in [9.17, 15) is 0 Å². The van der Waals surface area contributed by atoms with Crippen molar-refractivity contribution in [2.45, 2.75) is 71.6 Å². The number of ether oxygens (including phenoxy) is 1. The number of hydrogen-bond donors (Lipinski definition) is 2. The molecule has 0 unspecified atom stereocenters. The van der Waals surface area contributed by atoms with E-state index >= 15 is 0 Å². The number of aliphatic hydroxyl groups is 1. The molecule has 0 aliphatic carbocycles. The van der Waals surface area contributed by atoms with Crippen LogP contribution in [0.4, 0.5) is 0 Å². The standard InChI is InChI=1S/C15H31NO2.C2H6/c17-12-4-2-6-14-18-13-5-1-3-7-15-8-10-16-11-9-15;1-2/h15-17H,1-14H2;1-2H3. The Morgan fingerprint density at radius 3 is 2.10 bits per heavy atom. The van der Waals surface area contributed by atoms with Gasteiger partial charge in [-0.15, -0.1) is 0 Å². The highest BCUT2D eigenvalue weighted by Gasteiger charge is 2.11. The van der Waals surface area contributed by atoms with Crippen molar-refractivity contribution in [3.05, 3.63) is 0 Å². The average molecular weight is 287 g/mol. The van der Waals surface area contributed by atoms with E-state index in [1.165, 1.54) is 51.6 Å². The monoisotopic (exact) mass is 287 g/mol. The first-order valence-corrected chi connectivity index (χ1v) is 8.83. The fourth-order valence-electron chi connectivity index (χ4n) is 2.58. The van der Waals surface area contributed by atoms with Crippen molar-refractivity contribution in [1.82, 2.24) is 5.32 Å². The molecule has 0 bridgehead atoms. The lowest BCUT2D eigenvalue weighted by Gasteiger charge is -2.22. The van der Waals surface area contributed by atoms with Crippen LogP contribution < -0.4 is 5.32 Å².